The lowest BCUT2D eigenvalue weighted by molar-refractivity contribution is -0.387. The van der Waals surface area contributed by atoms with Crippen LogP contribution in [-0.2, 0) is 6.42 Å². The van der Waals surface area contributed by atoms with Gasteiger partial charge in [-0.25, -0.2) is 8.78 Å². The number of hydrogen-bond acceptors (Lipinski definition) is 3. The van der Waals surface area contributed by atoms with Gasteiger partial charge < -0.3 is 5.73 Å². The molecule has 1 aromatic carbocycles. The standard InChI is InChI=1S/C10H11F3N2O2/c1-10(14,9(12)13)5-6-3-2-4-7(8(6)11)15(16)17/h2-4,9H,5,14H2,1H3. The molecule has 0 fully saturated rings. The molecule has 0 aliphatic heterocycles. The van der Waals surface area contributed by atoms with Crippen molar-refractivity contribution in [3.63, 3.8) is 0 Å². The van der Waals surface area contributed by atoms with E-state index in [9.17, 15) is 23.3 Å². The van der Waals surface area contributed by atoms with Crippen molar-refractivity contribution >= 4 is 5.69 Å². The number of alkyl halides is 2. The summed E-state index contributed by atoms with van der Waals surface area (Å²) < 4.78 is 38.6. The molecule has 1 atom stereocenters. The van der Waals surface area contributed by atoms with Crippen LogP contribution in [0.3, 0.4) is 0 Å². The topological polar surface area (TPSA) is 69.2 Å². The number of halogens is 3. The van der Waals surface area contributed by atoms with Crippen LogP contribution in [0.4, 0.5) is 18.9 Å². The molecule has 0 bridgehead atoms. The van der Waals surface area contributed by atoms with Crippen LogP contribution in [-0.4, -0.2) is 16.9 Å². The first kappa shape index (κ1) is 13.4. The molecular formula is C10H11F3N2O2. The summed E-state index contributed by atoms with van der Waals surface area (Å²) in [5.74, 6) is -1.12. The molecule has 0 spiro atoms. The average Bonchev–Trinajstić information content (AvgIpc) is 2.20. The number of hydrogen-bond donors (Lipinski definition) is 1. The van der Waals surface area contributed by atoms with Crippen LogP contribution in [0.5, 0.6) is 0 Å². The summed E-state index contributed by atoms with van der Waals surface area (Å²) in [5.41, 5.74) is 2.45. The third-order valence-electron chi connectivity index (χ3n) is 2.32. The van der Waals surface area contributed by atoms with Crippen molar-refractivity contribution < 1.29 is 18.1 Å². The summed E-state index contributed by atoms with van der Waals surface area (Å²) in [6.45, 7) is 1.07. The van der Waals surface area contributed by atoms with Gasteiger partial charge in [0, 0.05) is 6.07 Å². The van der Waals surface area contributed by atoms with Gasteiger partial charge in [0.1, 0.15) is 0 Å². The van der Waals surface area contributed by atoms with Crippen LogP contribution in [0.25, 0.3) is 0 Å². The van der Waals surface area contributed by atoms with Crippen molar-refractivity contribution in [3.05, 3.63) is 39.7 Å². The fourth-order valence-electron chi connectivity index (χ4n) is 1.33. The van der Waals surface area contributed by atoms with Crippen LogP contribution < -0.4 is 5.73 Å². The highest BCUT2D eigenvalue weighted by Crippen LogP contribution is 2.25. The predicted octanol–water partition coefficient (Wildman–Crippen LogP) is 2.26. The van der Waals surface area contributed by atoms with E-state index in [-0.39, 0.29) is 5.56 Å². The van der Waals surface area contributed by atoms with Crippen molar-refractivity contribution in [1.29, 1.82) is 0 Å². The summed E-state index contributed by atoms with van der Waals surface area (Å²) in [4.78, 5) is 9.55. The Morgan fingerprint density at radius 1 is 1.53 bits per heavy atom. The number of nitro benzene ring substituents is 1. The Morgan fingerprint density at radius 2 is 2.12 bits per heavy atom. The molecule has 0 aromatic heterocycles. The minimum atomic E-state index is -2.85. The average molecular weight is 248 g/mol. The Hall–Kier alpha value is -1.63. The lowest BCUT2D eigenvalue weighted by atomic mass is 9.94. The summed E-state index contributed by atoms with van der Waals surface area (Å²) in [7, 11) is 0. The first-order chi connectivity index (χ1) is 7.75. The molecule has 0 aliphatic rings. The van der Waals surface area contributed by atoms with E-state index in [1.807, 2.05) is 0 Å². The molecule has 94 valence electrons. The van der Waals surface area contributed by atoms with E-state index in [0.717, 1.165) is 13.0 Å². The van der Waals surface area contributed by atoms with Crippen LogP contribution in [0, 0.1) is 15.9 Å². The Balaban J connectivity index is 3.08. The summed E-state index contributed by atoms with van der Waals surface area (Å²) in [5, 5.41) is 10.5. The van der Waals surface area contributed by atoms with Crippen LogP contribution in [0.2, 0.25) is 0 Å². The smallest absolute Gasteiger partial charge is 0.305 e. The number of benzene rings is 1. The van der Waals surface area contributed by atoms with E-state index in [2.05, 4.69) is 0 Å². The third-order valence-corrected chi connectivity index (χ3v) is 2.32. The maximum absolute atomic E-state index is 13.6. The number of rotatable bonds is 4. The van der Waals surface area contributed by atoms with Gasteiger partial charge >= 0.3 is 5.69 Å². The first-order valence-electron chi connectivity index (χ1n) is 4.74. The molecule has 0 heterocycles. The third kappa shape index (κ3) is 2.94. The molecule has 0 amide bonds. The number of nitro groups is 1. The maximum Gasteiger partial charge on any atom is 0.305 e. The predicted molar refractivity (Wildman–Crippen MR) is 55.4 cm³/mol. The highest BCUT2D eigenvalue weighted by molar-refractivity contribution is 5.37. The minimum absolute atomic E-state index is 0.190. The van der Waals surface area contributed by atoms with E-state index in [0.29, 0.717) is 0 Å². The van der Waals surface area contributed by atoms with Crippen molar-refractivity contribution in [1.82, 2.24) is 0 Å². The van der Waals surface area contributed by atoms with Crippen LogP contribution >= 0.6 is 0 Å². The molecule has 1 aromatic rings. The number of nitrogens with zero attached hydrogens (tertiary/aromatic N) is 1. The molecule has 1 rings (SSSR count). The van der Waals surface area contributed by atoms with E-state index in [1.165, 1.54) is 12.1 Å². The lowest BCUT2D eigenvalue weighted by Crippen LogP contribution is -2.46. The molecule has 0 aliphatic carbocycles. The van der Waals surface area contributed by atoms with Gasteiger partial charge in [-0.2, -0.15) is 4.39 Å². The number of nitrogens with two attached hydrogens (primary N) is 1. The monoisotopic (exact) mass is 248 g/mol. The highest BCUT2D eigenvalue weighted by atomic mass is 19.3. The molecule has 0 saturated carbocycles. The summed E-state index contributed by atoms with van der Waals surface area (Å²) in [6, 6.07) is 3.41. The van der Waals surface area contributed by atoms with Gasteiger partial charge in [-0.1, -0.05) is 12.1 Å². The first-order valence-corrected chi connectivity index (χ1v) is 4.74. The molecule has 2 N–H and O–H groups in total. The fourth-order valence-corrected chi connectivity index (χ4v) is 1.33. The zero-order valence-corrected chi connectivity index (χ0v) is 8.99. The quantitative estimate of drug-likeness (QED) is 0.656. The Labute approximate surface area is 95.4 Å². The minimum Gasteiger partial charge on any atom is -0.320 e. The van der Waals surface area contributed by atoms with Gasteiger partial charge in [0.15, 0.2) is 0 Å². The SMILES string of the molecule is CC(N)(Cc1cccc([N+](=O)[O-])c1F)C(F)F. The van der Waals surface area contributed by atoms with Gasteiger partial charge in [0.2, 0.25) is 5.82 Å². The van der Waals surface area contributed by atoms with Crippen molar-refractivity contribution in [3.8, 4) is 0 Å². The molecular weight excluding hydrogens is 237 g/mol. The van der Waals surface area contributed by atoms with Gasteiger partial charge in [-0.05, 0) is 18.9 Å². The Morgan fingerprint density at radius 3 is 2.59 bits per heavy atom. The van der Waals surface area contributed by atoms with E-state index >= 15 is 0 Å². The normalized spacial score (nSPS) is 14.7. The second-order valence-electron chi connectivity index (χ2n) is 3.99. The molecule has 1 unspecified atom stereocenters. The fraction of sp³-hybridized carbons (Fsp3) is 0.400. The zero-order chi connectivity index (χ0) is 13.2. The second kappa shape index (κ2) is 4.70. The lowest BCUT2D eigenvalue weighted by Gasteiger charge is -2.23. The van der Waals surface area contributed by atoms with Gasteiger partial charge in [0.05, 0.1) is 10.5 Å². The van der Waals surface area contributed by atoms with E-state index < -0.39 is 34.8 Å². The van der Waals surface area contributed by atoms with E-state index in [4.69, 9.17) is 5.73 Å². The Kier molecular flexibility index (Phi) is 3.72. The van der Waals surface area contributed by atoms with Crippen molar-refractivity contribution in [2.45, 2.75) is 25.3 Å². The molecule has 17 heavy (non-hydrogen) atoms. The van der Waals surface area contributed by atoms with Gasteiger partial charge in [0.25, 0.3) is 6.43 Å². The largest absolute Gasteiger partial charge is 0.320 e. The molecule has 4 nitrogen and oxygen atoms in total. The van der Waals surface area contributed by atoms with Crippen molar-refractivity contribution in [2.24, 2.45) is 5.73 Å². The maximum atomic E-state index is 13.6. The second-order valence-corrected chi connectivity index (χ2v) is 3.99. The van der Waals surface area contributed by atoms with E-state index in [1.54, 1.807) is 0 Å². The van der Waals surface area contributed by atoms with Crippen LogP contribution in [0.1, 0.15) is 12.5 Å². The summed E-state index contributed by atoms with van der Waals surface area (Å²) >= 11 is 0. The van der Waals surface area contributed by atoms with Crippen LogP contribution in [0.15, 0.2) is 18.2 Å². The molecule has 0 radical (unpaired) electrons. The van der Waals surface area contributed by atoms with Gasteiger partial charge in [-0.15, -0.1) is 0 Å². The Bertz CT molecular complexity index is 436. The summed E-state index contributed by atoms with van der Waals surface area (Å²) in [6.07, 6.45) is -3.32. The molecule has 0 saturated heterocycles. The van der Waals surface area contributed by atoms with Gasteiger partial charge in [-0.3, -0.25) is 10.1 Å². The molecule has 7 heteroatoms. The van der Waals surface area contributed by atoms with Crippen molar-refractivity contribution in [2.75, 3.05) is 0 Å². The highest BCUT2D eigenvalue weighted by Gasteiger charge is 2.32. The zero-order valence-electron chi connectivity index (χ0n) is 8.99.